The topological polar surface area (TPSA) is 39.2 Å². The summed E-state index contributed by atoms with van der Waals surface area (Å²) >= 11 is 0. The molecule has 0 aliphatic heterocycles. The van der Waals surface area contributed by atoms with E-state index in [-0.39, 0.29) is 16.6 Å². The SMILES string of the molecule is CC(C)(C)[Si](C)(C)OCc1ccc(C(=O)c2ccc(F)cc2)nc1. The molecule has 0 amide bonds. The molecule has 0 aliphatic carbocycles. The molecule has 2 rings (SSSR count). The lowest BCUT2D eigenvalue weighted by atomic mass is 10.1. The van der Waals surface area contributed by atoms with Gasteiger partial charge >= 0.3 is 0 Å². The Morgan fingerprint density at radius 2 is 1.75 bits per heavy atom. The van der Waals surface area contributed by atoms with Gasteiger partial charge in [-0.25, -0.2) is 4.39 Å². The summed E-state index contributed by atoms with van der Waals surface area (Å²) in [5.41, 5.74) is 1.71. The molecule has 0 fully saturated rings. The maximum Gasteiger partial charge on any atom is 0.211 e. The minimum Gasteiger partial charge on any atom is -0.413 e. The quantitative estimate of drug-likeness (QED) is 0.567. The summed E-state index contributed by atoms with van der Waals surface area (Å²) in [6, 6.07) is 9.03. The smallest absolute Gasteiger partial charge is 0.211 e. The van der Waals surface area contributed by atoms with Crippen molar-refractivity contribution < 1.29 is 13.6 Å². The highest BCUT2D eigenvalue weighted by atomic mass is 28.4. The maximum atomic E-state index is 12.9. The van der Waals surface area contributed by atoms with E-state index in [4.69, 9.17) is 4.43 Å². The van der Waals surface area contributed by atoms with Gasteiger partial charge < -0.3 is 4.43 Å². The molecule has 0 radical (unpaired) electrons. The van der Waals surface area contributed by atoms with Crippen LogP contribution in [0, 0.1) is 5.82 Å². The number of benzene rings is 1. The molecule has 24 heavy (non-hydrogen) atoms. The van der Waals surface area contributed by atoms with Gasteiger partial charge in [0.05, 0.1) is 6.61 Å². The number of nitrogens with zero attached hydrogens (tertiary/aromatic N) is 1. The zero-order chi connectivity index (χ0) is 18.0. The molecule has 5 heteroatoms. The first-order valence-corrected chi connectivity index (χ1v) is 10.9. The van der Waals surface area contributed by atoms with Crippen LogP contribution in [0.1, 0.15) is 42.4 Å². The summed E-state index contributed by atoms with van der Waals surface area (Å²) in [6.45, 7) is 11.5. The Bertz CT molecular complexity index is 704. The Morgan fingerprint density at radius 1 is 1.12 bits per heavy atom. The first-order valence-electron chi connectivity index (χ1n) is 7.99. The lowest BCUT2D eigenvalue weighted by Crippen LogP contribution is -2.40. The van der Waals surface area contributed by atoms with Crippen molar-refractivity contribution in [2.45, 2.75) is 45.5 Å². The van der Waals surface area contributed by atoms with Crippen LogP contribution in [-0.2, 0) is 11.0 Å². The van der Waals surface area contributed by atoms with Crippen LogP contribution in [0.5, 0.6) is 0 Å². The third-order valence-electron chi connectivity index (χ3n) is 4.57. The highest BCUT2D eigenvalue weighted by Crippen LogP contribution is 2.37. The van der Waals surface area contributed by atoms with Gasteiger partial charge in [0.2, 0.25) is 5.78 Å². The fourth-order valence-corrected chi connectivity index (χ4v) is 2.83. The highest BCUT2D eigenvalue weighted by molar-refractivity contribution is 6.74. The molecule has 1 heterocycles. The third-order valence-corrected chi connectivity index (χ3v) is 9.05. The van der Waals surface area contributed by atoms with E-state index >= 15 is 0 Å². The molecule has 0 saturated heterocycles. The average Bonchev–Trinajstić information content (AvgIpc) is 2.52. The van der Waals surface area contributed by atoms with Crippen molar-refractivity contribution in [3.05, 3.63) is 65.2 Å². The van der Waals surface area contributed by atoms with Crippen molar-refractivity contribution in [3.63, 3.8) is 0 Å². The molecule has 2 aromatic rings. The first kappa shape index (κ1) is 18.5. The Morgan fingerprint density at radius 3 is 2.25 bits per heavy atom. The summed E-state index contributed by atoms with van der Waals surface area (Å²) in [4.78, 5) is 16.5. The maximum absolute atomic E-state index is 12.9. The number of rotatable bonds is 5. The third kappa shape index (κ3) is 4.36. The van der Waals surface area contributed by atoms with Crippen LogP contribution in [0.4, 0.5) is 4.39 Å². The number of halogens is 1. The predicted octanol–water partition coefficient (Wildman–Crippen LogP) is 4.97. The molecular formula is C19H24FNO2Si. The first-order chi connectivity index (χ1) is 11.1. The van der Waals surface area contributed by atoms with Crippen LogP contribution in [0.15, 0.2) is 42.6 Å². The lowest BCUT2D eigenvalue weighted by Gasteiger charge is -2.36. The van der Waals surface area contributed by atoms with Gasteiger partial charge in [-0.15, -0.1) is 0 Å². The second kappa shape index (κ2) is 6.95. The van der Waals surface area contributed by atoms with E-state index in [1.54, 1.807) is 12.3 Å². The zero-order valence-electron chi connectivity index (χ0n) is 14.9. The second-order valence-corrected chi connectivity index (χ2v) is 12.2. The summed E-state index contributed by atoms with van der Waals surface area (Å²) in [6.07, 6.45) is 1.67. The highest BCUT2D eigenvalue weighted by Gasteiger charge is 2.37. The minimum atomic E-state index is -1.81. The van der Waals surface area contributed by atoms with Crippen molar-refractivity contribution >= 4 is 14.1 Å². The van der Waals surface area contributed by atoms with E-state index < -0.39 is 8.32 Å². The van der Waals surface area contributed by atoms with E-state index in [1.807, 2.05) is 6.07 Å². The molecule has 0 spiro atoms. The molecule has 0 aliphatic rings. The van der Waals surface area contributed by atoms with Crippen molar-refractivity contribution in [3.8, 4) is 0 Å². The van der Waals surface area contributed by atoms with Crippen LogP contribution < -0.4 is 0 Å². The molecule has 0 unspecified atom stereocenters. The number of carbonyl (C=O) groups excluding carboxylic acids is 1. The molecule has 0 N–H and O–H groups in total. The lowest BCUT2D eigenvalue weighted by molar-refractivity contribution is 0.103. The van der Waals surface area contributed by atoms with Crippen LogP contribution in [-0.4, -0.2) is 19.1 Å². The molecular weight excluding hydrogens is 321 g/mol. The monoisotopic (exact) mass is 345 g/mol. The number of ketones is 1. The second-order valence-electron chi connectivity index (χ2n) is 7.44. The average molecular weight is 345 g/mol. The number of hydrogen-bond donors (Lipinski definition) is 0. The normalized spacial score (nSPS) is 12.2. The summed E-state index contributed by atoms with van der Waals surface area (Å²) < 4.78 is 19.1. The Hall–Kier alpha value is -1.85. The van der Waals surface area contributed by atoms with Crippen molar-refractivity contribution in [1.29, 1.82) is 0 Å². The molecule has 1 aromatic heterocycles. The van der Waals surface area contributed by atoms with Gasteiger partial charge in [0, 0.05) is 11.8 Å². The van der Waals surface area contributed by atoms with Crippen LogP contribution in [0.3, 0.4) is 0 Å². The number of aromatic nitrogens is 1. The minimum absolute atomic E-state index is 0.152. The van der Waals surface area contributed by atoms with Gasteiger partial charge in [0.1, 0.15) is 11.5 Å². The van der Waals surface area contributed by atoms with Gasteiger partial charge in [-0.2, -0.15) is 0 Å². The van der Waals surface area contributed by atoms with Crippen LogP contribution in [0.2, 0.25) is 18.1 Å². The van der Waals surface area contributed by atoms with Gasteiger partial charge in [0.15, 0.2) is 8.32 Å². The van der Waals surface area contributed by atoms with Gasteiger partial charge in [-0.05, 0) is 54.0 Å². The van der Waals surface area contributed by atoms with Crippen molar-refractivity contribution in [2.24, 2.45) is 0 Å². The number of pyridine rings is 1. The Labute approximate surface area is 144 Å². The number of hydrogen-bond acceptors (Lipinski definition) is 3. The fourth-order valence-electron chi connectivity index (χ4n) is 1.87. The Balaban J connectivity index is 2.05. The van der Waals surface area contributed by atoms with Crippen LogP contribution >= 0.6 is 0 Å². The molecule has 0 saturated carbocycles. The van der Waals surface area contributed by atoms with E-state index in [9.17, 15) is 9.18 Å². The van der Waals surface area contributed by atoms with E-state index in [2.05, 4.69) is 38.8 Å². The standard InChI is InChI=1S/C19H24FNO2Si/c1-19(2,3)24(4,5)23-13-14-6-11-17(21-12-14)18(22)15-7-9-16(20)10-8-15/h6-12H,13H2,1-5H3. The molecule has 128 valence electrons. The van der Waals surface area contributed by atoms with Crippen LogP contribution in [0.25, 0.3) is 0 Å². The molecule has 0 atom stereocenters. The summed E-state index contributed by atoms with van der Waals surface area (Å²) in [5.74, 6) is -0.579. The zero-order valence-corrected chi connectivity index (χ0v) is 15.9. The summed E-state index contributed by atoms with van der Waals surface area (Å²) in [5, 5.41) is 0.152. The van der Waals surface area contributed by atoms with Crippen molar-refractivity contribution in [1.82, 2.24) is 4.98 Å². The van der Waals surface area contributed by atoms with Gasteiger partial charge in [0.25, 0.3) is 0 Å². The van der Waals surface area contributed by atoms with Crippen molar-refractivity contribution in [2.75, 3.05) is 0 Å². The molecule has 1 aromatic carbocycles. The van der Waals surface area contributed by atoms with E-state index in [0.29, 0.717) is 17.9 Å². The summed E-state index contributed by atoms with van der Waals surface area (Å²) in [7, 11) is -1.81. The predicted molar refractivity (Wildman–Crippen MR) is 96.1 cm³/mol. The molecule has 0 bridgehead atoms. The molecule has 3 nitrogen and oxygen atoms in total. The van der Waals surface area contributed by atoms with E-state index in [1.165, 1.54) is 24.3 Å². The van der Waals surface area contributed by atoms with E-state index in [0.717, 1.165) is 5.56 Å². The van der Waals surface area contributed by atoms with Gasteiger partial charge in [-0.3, -0.25) is 9.78 Å². The number of carbonyl (C=O) groups is 1. The fraction of sp³-hybridized carbons (Fsp3) is 0.368. The largest absolute Gasteiger partial charge is 0.413 e. The Kier molecular flexibility index (Phi) is 5.35. The van der Waals surface area contributed by atoms with Gasteiger partial charge in [-0.1, -0.05) is 26.8 Å².